The molecular formula is C11H18N4O. The molecule has 5 heteroatoms. The molecule has 1 aliphatic rings. The Balaban J connectivity index is 1.82. The first-order valence-electron chi connectivity index (χ1n) is 5.66. The number of anilines is 2. The smallest absolute Gasteiger partial charge is 0.134 e. The molecule has 0 aliphatic carbocycles. The van der Waals surface area contributed by atoms with E-state index in [-0.39, 0.29) is 0 Å². The molecule has 1 saturated heterocycles. The monoisotopic (exact) mass is 222 g/mol. The minimum Gasteiger partial charge on any atom is -0.383 e. The highest BCUT2D eigenvalue weighted by molar-refractivity contribution is 5.53. The van der Waals surface area contributed by atoms with E-state index in [0.717, 1.165) is 37.6 Å². The van der Waals surface area contributed by atoms with Crippen molar-refractivity contribution in [2.24, 2.45) is 5.92 Å². The molecule has 0 amide bonds. The summed E-state index contributed by atoms with van der Waals surface area (Å²) >= 11 is 0. The first-order chi connectivity index (χ1) is 7.77. The van der Waals surface area contributed by atoms with Crippen LogP contribution in [0.1, 0.15) is 18.4 Å². The third-order valence-electron chi connectivity index (χ3n) is 2.99. The van der Waals surface area contributed by atoms with E-state index in [1.807, 2.05) is 6.92 Å². The van der Waals surface area contributed by atoms with Gasteiger partial charge in [-0.05, 0) is 25.7 Å². The van der Waals surface area contributed by atoms with Crippen molar-refractivity contribution in [3.8, 4) is 0 Å². The number of ether oxygens (including phenoxy) is 1. The van der Waals surface area contributed by atoms with Gasteiger partial charge < -0.3 is 15.8 Å². The van der Waals surface area contributed by atoms with Crippen LogP contribution in [0.15, 0.2) is 6.33 Å². The van der Waals surface area contributed by atoms with Gasteiger partial charge in [0.2, 0.25) is 0 Å². The van der Waals surface area contributed by atoms with Crippen LogP contribution in [-0.4, -0.2) is 29.7 Å². The van der Waals surface area contributed by atoms with Crippen molar-refractivity contribution < 1.29 is 4.74 Å². The lowest BCUT2D eigenvalue weighted by Crippen LogP contribution is -2.11. The molecule has 0 saturated carbocycles. The van der Waals surface area contributed by atoms with Gasteiger partial charge in [-0.1, -0.05) is 0 Å². The quantitative estimate of drug-likeness (QED) is 0.801. The Labute approximate surface area is 95.4 Å². The number of nitrogens with two attached hydrogens (primary N) is 1. The van der Waals surface area contributed by atoms with E-state index in [1.54, 1.807) is 0 Å². The van der Waals surface area contributed by atoms with Crippen LogP contribution in [0.4, 0.5) is 11.6 Å². The first kappa shape index (κ1) is 11.1. The van der Waals surface area contributed by atoms with Crippen molar-refractivity contribution in [1.82, 2.24) is 9.97 Å². The average Bonchev–Trinajstić information content (AvgIpc) is 2.77. The molecular weight excluding hydrogens is 204 g/mol. The predicted molar refractivity (Wildman–Crippen MR) is 63.2 cm³/mol. The zero-order valence-corrected chi connectivity index (χ0v) is 9.57. The molecule has 0 bridgehead atoms. The molecule has 0 radical (unpaired) electrons. The van der Waals surface area contributed by atoms with Gasteiger partial charge in [-0.2, -0.15) is 0 Å². The Morgan fingerprint density at radius 3 is 3.19 bits per heavy atom. The molecule has 0 aromatic carbocycles. The second-order valence-corrected chi connectivity index (χ2v) is 4.18. The summed E-state index contributed by atoms with van der Waals surface area (Å²) in [6, 6.07) is 0. The molecule has 1 unspecified atom stereocenters. The standard InChI is InChI=1S/C11H18N4O/c1-8-10(12)14-7-15-11(8)13-4-2-9-3-5-16-6-9/h7,9H,2-6H2,1H3,(H3,12,13,14,15). The highest BCUT2D eigenvalue weighted by atomic mass is 16.5. The number of nitrogen functional groups attached to an aromatic ring is 1. The molecule has 2 rings (SSSR count). The Kier molecular flexibility index (Phi) is 3.56. The summed E-state index contributed by atoms with van der Waals surface area (Å²) in [5.41, 5.74) is 6.62. The third kappa shape index (κ3) is 2.61. The zero-order chi connectivity index (χ0) is 11.4. The second kappa shape index (κ2) is 5.12. The lowest BCUT2D eigenvalue weighted by Gasteiger charge is -2.11. The fraction of sp³-hybridized carbons (Fsp3) is 0.636. The van der Waals surface area contributed by atoms with Crippen molar-refractivity contribution in [2.75, 3.05) is 30.8 Å². The van der Waals surface area contributed by atoms with Crippen LogP contribution < -0.4 is 11.1 Å². The van der Waals surface area contributed by atoms with Gasteiger partial charge in [0.1, 0.15) is 18.0 Å². The van der Waals surface area contributed by atoms with Gasteiger partial charge in [-0.15, -0.1) is 0 Å². The van der Waals surface area contributed by atoms with Crippen LogP contribution in [0, 0.1) is 12.8 Å². The summed E-state index contributed by atoms with van der Waals surface area (Å²) in [7, 11) is 0. The van der Waals surface area contributed by atoms with Crippen LogP contribution in [0.25, 0.3) is 0 Å². The SMILES string of the molecule is Cc1c(N)ncnc1NCCC1CCOC1. The summed E-state index contributed by atoms with van der Waals surface area (Å²) in [5.74, 6) is 2.07. The van der Waals surface area contributed by atoms with E-state index in [4.69, 9.17) is 10.5 Å². The van der Waals surface area contributed by atoms with Gasteiger partial charge in [-0.3, -0.25) is 0 Å². The summed E-state index contributed by atoms with van der Waals surface area (Å²) in [4.78, 5) is 8.10. The predicted octanol–water partition coefficient (Wildman–Crippen LogP) is 1.21. The highest BCUT2D eigenvalue weighted by Crippen LogP contribution is 2.18. The van der Waals surface area contributed by atoms with E-state index in [1.165, 1.54) is 12.7 Å². The number of nitrogens with zero attached hydrogens (tertiary/aromatic N) is 2. The van der Waals surface area contributed by atoms with E-state index in [9.17, 15) is 0 Å². The molecule has 1 aliphatic heterocycles. The summed E-state index contributed by atoms with van der Waals surface area (Å²) in [6.07, 6.45) is 3.78. The minimum atomic E-state index is 0.543. The molecule has 16 heavy (non-hydrogen) atoms. The van der Waals surface area contributed by atoms with Gasteiger partial charge in [0.05, 0.1) is 0 Å². The molecule has 2 heterocycles. The Morgan fingerprint density at radius 1 is 1.56 bits per heavy atom. The van der Waals surface area contributed by atoms with Gasteiger partial charge in [0.25, 0.3) is 0 Å². The third-order valence-corrected chi connectivity index (χ3v) is 2.99. The topological polar surface area (TPSA) is 73.1 Å². The first-order valence-corrected chi connectivity index (χ1v) is 5.66. The van der Waals surface area contributed by atoms with E-state index in [2.05, 4.69) is 15.3 Å². The number of nitrogens with one attached hydrogen (secondary N) is 1. The van der Waals surface area contributed by atoms with Crippen molar-refractivity contribution in [2.45, 2.75) is 19.8 Å². The van der Waals surface area contributed by atoms with Crippen LogP contribution in [0.5, 0.6) is 0 Å². The number of aromatic nitrogens is 2. The van der Waals surface area contributed by atoms with Crippen LogP contribution in [-0.2, 0) is 4.74 Å². The molecule has 1 aromatic heterocycles. The number of hydrogen-bond acceptors (Lipinski definition) is 5. The highest BCUT2D eigenvalue weighted by Gasteiger charge is 2.15. The Morgan fingerprint density at radius 2 is 2.44 bits per heavy atom. The minimum absolute atomic E-state index is 0.543. The largest absolute Gasteiger partial charge is 0.383 e. The van der Waals surface area contributed by atoms with Crippen molar-refractivity contribution in [1.29, 1.82) is 0 Å². The maximum Gasteiger partial charge on any atom is 0.134 e. The summed E-state index contributed by atoms with van der Waals surface area (Å²) in [5, 5.41) is 3.29. The van der Waals surface area contributed by atoms with E-state index in [0.29, 0.717) is 11.7 Å². The van der Waals surface area contributed by atoms with Crippen molar-refractivity contribution in [3.63, 3.8) is 0 Å². The van der Waals surface area contributed by atoms with Gasteiger partial charge in [-0.25, -0.2) is 9.97 Å². The van der Waals surface area contributed by atoms with Gasteiger partial charge in [0.15, 0.2) is 0 Å². The lowest BCUT2D eigenvalue weighted by molar-refractivity contribution is 0.185. The summed E-state index contributed by atoms with van der Waals surface area (Å²) in [6.45, 7) is 4.64. The molecule has 1 fully saturated rings. The molecule has 3 N–H and O–H groups in total. The second-order valence-electron chi connectivity index (χ2n) is 4.18. The zero-order valence-electron chi connectivity index (χ0n) is 9.57. The van der Waals surface area contributed by atoms with Gasteiger partial charge >= 0.3 is 0 Å². The Hall–Kier alpha value is -1.36. The molecule has 1 atom stereocenters. The maximum absolute atomic E-state index is 5.70. The van der Waals surface area contributed by atoms with Gasteiger partial charge in [0, 0.05) is 25.3 Å². The molecule has 5 nitrogen and oxygen atoms in total. The fourth-order valence-electron chi connectivity index (χ4n) is 1.85. The Bertz CT molecular complexity index is 350. The van der Waals surface area contributed by atoms with Crippen molar-refractivity contribution >= 4 is 11.6 Å². The van der Waals surface area contributed by atoms with Crippen LogP contribution in [0.3, 0.4) is 0 Å². The lowest BCUT2D eigenvalue weighted by atomic mass is 10.1. The average molecular weight is 222 g/mol. The molecule has 0 spiro atoms. The fourth-order valence-corrected chi connectivity index (χ4v) is 1.85. The summed E-state index contributed by atoms with van der Waals surface area (Å²) < 4.78 is 5.33. The number of rotatable bonds is 4. The van der Waals surface area contributed by atoms with Crippen LogP contribution in [0.2, 0.25) is 0 Å². The molecule has 1 aromatic rings. The normalized spacial score (nSPS) is 19.9. The number of hydrogen-bond donors (Lipinski definition) is 2. The molecule has 88 valence electrons. The van der Waals surface area contributed by atoms with E-state index >= 15 is 0 Å². The van der Waals surface area contributed by atoms with E-state index < -0.39 is 0 Å². The van der Waals surface area contributed by atoms with Crippen molar-refractivity contribution in [3.05, 3.63) is 11.9 Å². The maximum atomic E-state index is 5.70. The van der Waals surface area contributed by atoms with Crippen LogP contribution >= 0.6 is 0 Å².